The van der Waals surface area contributed by atoms with Gasteiger partial charge in [0.05, 0.1) is 0 Å². The summed E-state index contributed by atoms with van der Waals surface area (Å²) in [5.41, 5.74) is -0.908. The fourth-order valence-electron chi connectivity index (χ4n) is 1.61. The van der Waals surface area contributed by atoms with Gasteiger partial charge in [0, 0.05) is 5.54 Å². The van der Waals surface area contributed by atoms with Gasteiger partial charge in [-0.05, 0) is 53.9 Å². The molecule has 0 aromatic rings. The van der Waals surface area contributed by atoms with Crippen molar-refractivity contribution in [3.63, 3.8) is 0 Å². The Morgan fingerprint density at radius 1 is 1.05 bits per heavy atom. The number of carbonyl (C=O) groups is 2. The van der Waals surface area contributed by atoms with Crippen molar-refractivity contribution in [1.82, 2.24) is 10.6 Å². The first-order chi connectivity index (χ1) is 8.80. The molecule has 0 aliphatic heterocycles. The van der Waals surface area contributed by atoms with Crippen LogP contribution >= 0.6 is 0 Å². The van der Waals surface area contributed by atoms with Gasteiger partial charge < -0.3 is 15.4 Å². The second-order valence-electron chi connectivity index (χ2n) is 7.57. The van der Waals surface area contributed by atoms with Crippen LogP contribution in [0.5, 0.6) is 0 Å². The molecule has 0 unspecified atom stereocenters. The molecule has 0 aliphatic rings. The standard InChI is InChI=1S/C15H30N2O3/c1-10(2)9-11(12(18)17-14(3,4)5)16-13(19)20-15(6,7)8/h10-11H,9H2,1-8H3,(H,16,19)(H,17,18)/t11-/m0/s1. The first-order valence-corrected chi connectivity index (χ1v) is 7.12. The second-order valence-corrected chi connectivity index (χ2v) is 7.57. The van der Waals surface area contributed by atoms with E-state index in [4.69, 9.17) is 4.74 Å². The molecule has 5 heteroatoms. The van der Waals surface area contributed by atoms with Crippen LogP contribution in [0, 0.1) is 5.92 Å². The van der Waals surface area contributed by atoms with E-state index in [1.165, 1.54) is 0 Å². The Hall–Kier alpha value is -1.26. The predicted molar refractivity (Wildman–Crippen MR) is 80.5 cm³/mol. The SMILES string of the molecule is CC(C)C[C@H](NC(=O)OC(C)(C)C)C(=O)NC(C)(C)C. The summed E-state index contributed by atoms with van der Waals surface area (Å²) in [6.45, 7) is 15.1. The number of ether oxygens (including phenoxy) is 1. The van der Waals surface area contributed by atoms with Crippen molar-refractivity contribution in [2.75, 3.05) is 0 Å². The molecule has 0 rings (SSSR count). The van der Waals surface area contributed by atoms with Crippen LogP contribution in [0.3, 0.4) is 0 Å². The lowest BCUT2D eigenvalue weighted by Gasteiger charge is -2.27. The van der Waals surface area contributed by atoms with Crippen molar-refractivity contribution in [1.29, 1.82) is 0 Å². The molecular weight excluding hydrogens is 256 g/mol. The first kappa shape index (κ1) is 18.7. The van der Waals surface area contributed by atoms with E-state index in [9.17, 15) is 9.59 Å². The van der Waals surface area contributed by atoms with Gasteiger partial charge in [-0.15, -0.1) is 0 Å². The largest absolute Gasteiger partial charge is 0.444 e. The quantitative estimate of drug-likeness (QED) is 0.835. The van der Waals surface area contributed by atoms with E-state index < -0.39 is 17.7 Å². The van der Waals surface area contributed by atoms with Crippen LogP contribution in [0.2, 0.25) is 0 Å². The van der Waals surface area contributed by atoms with Crippen molar-refractivity contribution in [3.05, 3.63) is 0 Å². The maximum Gasteiger partial charge on any atom is 0.408 e. The molecule has 0 heterocycles. The van der Waals surface area contributed by atoms with E-state index >= 15 is 0 Å². The highest BCUT2D eigenvalue weighted by Crippen LogP contribution is 2.10. The van der Waals surface area contributed by atoms with Crippen molar-refractivity contribution in [3.8, 4) is 0 Å². The maximum absolute atomic E-state index is 12.2. The normalized spacial score (nSPS) is 13.8. The van der Waals surface area contributed by atoms with Crippen molar-refractivity contribution >= 4 is 12.0 Å². The summed E-state index contributed by atoms with van der Waals surface area (Å²) in [7, 11) is 0. The molecule has 0 bridgehead atoms. The Kier molecular flexibility index (Phi) is 6.51. The minimum atomic E-state index is -0.580. The minimum absolute atomic E-state index is 0.183. The molecule has 0 spiro atoms. The Balaban J connectivity index is 4.73. The number of carbonyl (C=O) groups excluding carboxylic acids is 2. The Morgan fingerprint density at radius 2 is 1.55 bits per heavy atom. The van der Waals surface area contributed by atoms with Gasteiger partial charge in [0.2, 0.25) is 5.91 Å². The Morgan fingerprint density at radius 3 is 1.90 bits per heavy atom. The van der Waals surface area contributed by atoms with Crippen LogP contribution in [0.4, 0.5) is 4.79 Å². The van der Waals surface area contributed by atoms with Gasteiger partial charge in [0.15, 0.2) is 0 Å². The monoisotopic (exact) mass is 286 g/mol. The lowest BCUT2D eigenvalue weighted by Crippen LogP contribution is -2.53. The molecule has 118 valence electrons. The molecule has 0 radical (unpaired) electrons. The molecule has 20 heavy (non-hydrogen) atoms. The van der Waals surface area contributed by atoms with Gasteiger partial charge in [-0.2, -0.15) is 0 Å². The molecule has 0 saturated heterocycles. The van der Waals surface area contributed by atoms with Crippen LogP contribution in [0.25, 0.3) is 0 Å². The van der Waals surface area contributed by atoms with E-state index in [0.29, 0.717) is 12.3 Å². The average molecular weight is 286 g/mol. The smallest absolute Gasteiger partial charge is 0.408 e. The second kappa shape index (κ2) is 6.95. The van der Waals surface area contributed by atoms with Crippen molar-refractivity contribution in [2.45, 2.75) is 79.0 Å². The van der Waals surface area contributed by atoms with Gasteiger partial charge in [0.25, 0.3) is 0 Å². The van der Waals surface area contributed by atoms with Crippen LogP contribution in [0.15, 0.2) is 0 Å². The summed E-state index contributed by atoms with van der Waals surface area (Å²) in [5.74, 6) is 0.109. The zero-order chi connectivity index (χ0) is 16.1. The molecule has 2 amide bonds. The molecule has 5 nitrogen and oxygen atoms in total. The summed E-state index contributed by atoms with van der Waals surface area (Å²) in [6.07, 6.45) is 0.00782. The highest BCUT2D eigenvalue weighted by atomic mass is 16.6. The van der Waals surface area contributed by atoms with E-state index in [1.54, 1.807) is 20.8 Å². The summed E-state index contributed by atoms with van der Waals surface area (Å²) in [4.78, 5) is 24.0. The molecule has 0 aromatic carbocycles. The van der Waals surface area contributed by atoms with Crippen LogP contribution in [-0.4, -0.2) is 29.2 Å². The number of alkyl carbamates (subject to hydrolysis) is 1. The van der Waals surface area contributed by atoms with Gasteiger partial charge in [-0.25, -0.2) is 4.79 Å². The van der Waals surface area contributed by atoms with Gasteiger partial charge in [-0.1, -0.05) is 13.8 Å². The Labute approximate surface area is 122 Å². The Bertz CT molecular complexity index is 338. The summed E-state index contributed by atoms with van der Waals surface area (Å²) < 4.78 is 5.20. The lowest BCUT2D eigenvalue weighted by molar-refractivity contribution is -0.125. The molecule has 0 aliphatic carbocycles. The number of hydrogen-bond acceptors (Lipinski definition) is 3. The molecule has 0 aromatic heterocycles. The summed E-state index contributed by atoms with van der Waals surface area (Å²) >= 11 is 0. The third-order valence-electron chi connectivity index (χ3n) is 2.21. The number of nitrogens with one attached hydrogen (secondary N) is 2. The van der Waals surface area contributed by atoms with Gasteiger partial charge >= 0.3 is 6.09 Å². The minimum Gasteiger partial charge on any atom is -0.444 e. The fourth-order valence-corrected chi connectivity index (χ4v) is 1.61. The van der Waals surface area contributed by atoms with Gasteiger partial charge in [-0.3, -0.25) is 4.79 Å². The molecule has 1 atom stereocenters. The predicted octanol–water partition coefficient (Wildman–Crippen LogP) is 2.84. The van der Waals surface area contributed by atoms with Crippen LogP contribution < -0.4 is 10.6 Å². The number of hydrogen-bond donors (Lipinski definition) is 2. The van der Waals surface area contributed by atoms with Gasteiger partial charge in [0.1, 0.15) is 11.6 Å². The van der Waals surface area contributed by atoms with E-state index in [2.05, 4.69) is 10.6 Å². The average Bonchev–Trinajstić information content (AvgIpc) is 2.09. The molecule has 2 N–H and O–H groups in total. The summed E-state index contributed by atoms with van der Waals surface area (Å²) in [5, 5.41) is 5.54. The third-order valence-corrected chi connectivity index (χ3v) is 2.21. The molecule has 0 fully saturated rings. The number of rotatable bonds is 4. The van der Waals surface area contributed by atoms with Crippen LogP contribution in [-0.2, 0) is 9.53 Å². The van der Waals surface area contributed by atoms with Crippen molar-refractivity contribution in [2.24, 2.45) is 5.92 Å². The highest BCUT2D eigenvalue weighted by Gasteiger charge is 2.27. The molecular formula is C15H30N2O3. The fraction of sp³-hybridized carbons (Fsp3) is 0.867. The zero-order valence-electron chi connectivity index (χ0n) is 14.1. The van der Waals surface area contributed by atoms with E-state index in [0.717, 1.165) is 0 Å². The first-order valence-electron chi connectivity index (χ1n) is 7.12. The number of amides is 2. The zero-order valence-corrected chi connectivity index (χ0v) is 14.1. The topological polar surface area (TPSA) is 67.4 Å². The highest BCUT2D eigenvalue weighted by molar-refractivity contribution is 5.86. The van der Waals surface area contributed by atoms with E-state index in [1.807, 2.05) is 34.6 Å². The maximum atomic E-state index is 12.2. The van der Waals surface area contributed by atoms with E-state index in [-0.39, 0.29) is 11.4 Å². The van der Waals surface area contributed by atoms with Crippen molar-refractivity contribution < 1.29 is 14.3 Å². The van der Waals surface area contributed by atoms with Crippen LogP contribution in [0.1, 0.15) is 61.8 Å². The molecule has 0 saturated carbocycles. The third kappa shape index (κ3) is 9.64. The lowest BCUT2D eigenvalue weighted by atomic mass is 10.0. The summed E-state index contributed by atoms with van der Waals surface area (Å²) in [6, 6.07) is -0.580.